The van der Waals surface area contributed by atoms with Crippen LogP contribution in [0.3, 0.4) is 0 Å². The van der Waals surface area contributed by atoms with Gasteiger partial charge in [-0.3, -0.25) is 25.1 Å². The highest BCUT2D eigenvalue weighted by Crippen LogP contribution is 2.34. The summed E-state index contributed by atoms with van der Waals surface area (Å²) in [5, 5.41) is 22.1. The molecule has 10 heteroatoms. The van der Waals surface area contributed by atoms with E-state index in [9.17, 15) is 24.8 Å². The summed E-state index contributed by atoms with van der Waals surface area (Å²) in [4.78, 5) is 35.3. The molecule has 0 saturated carbocycles. The van der Waals surface area contributed by atoms with Gasteiger partial charge >= 0.3 is 0 Å². The van der Waals surface area contributed by atoms with Crippen molar-refractivity contribution < 1.29 is 24.0 Å². The molecule has 1 aliphatic heterocycles. The first kappa shape index (κ1) is 19.6. The number of hydrogen-bond acceptors (Lipinski definition) is 6. The second kappa shape index (κ2) is 7.63. The molecule has 4 rings (SSSR count). The van der Waals surface area contributed by atoms with E-state index >= 15 is 0 Å². The molecule has 0 radical (unpaired) electrons. The van der Waals surface area contributed by atoms with Crippen LogP contribution in [-0.2, 0) is 9.59 Å². The Morgan fingerprint density at radius 3 is 2.53 bits per heavy atom. The minimum absolute atomic E-state index is 0.122. The number of furan rings is 1. The van der Waals surface area contributed by atoms with Gasteiger partial charge in [0.05, 0.1) is 16.2 Å². The van der Waals surface area contributed by atoms with Crippen LogP contribution in [0.5, 0.6) is 5.75 Å². The van der Waals surface area contributed by atoms with E-state index in [-0.39, 0.29) is 34.1 Å². The van der Waals surface area contributed by atoms with Crippen molar-refractivity contribution in [1.29, 1.82) is 0 Å². The number of nitrogens with zero attached hydrogens (tertiary/aromatic N) is 2. The highest BCUT2D eigenvalue weighted by molar-refractivity contribution is 14.1. The number of halogens is 1. The molecule has 150 valence electrons. The lowest BCUT2D eigenvalue weighted by atomic mass is 10.1. The van der Waals surface area contributed by atoms with Crippen LogP contribution in [0, 0.1) is 13.7 Å². The maximum atomic E-state index is 12.7. The van der Waals surface area contributed by atoms with Crippen LogP contribution in [0.4, 0.5) is 11.4 Å². The molecular weight excluding hydrogens is 505 g/mol. The summed E-state index contributed by atoms with van der Waals surface area (Å²) in [5.74, 6) is -0.997. The summed E-state index contributed by atoms with van der Waals surface area (Å²) in [7, 11) is 0. The number of non-ortho nitro benzene ring substituents is 1. The first-order valence-electron chi connectivity index (χ1n) is 8.54. The predicted molar refractivity (Wildman–Crippen MR) is 115 cm³/mol. The lowest BCUT2D eigenvalue weighted by Gasteiger charge is -2.14. The number of hydrogen-bond donors (Lipinski definition) is 2. The van der Waals surface area contributed by atoms with E-state index in [1.54, 1.807) is 24.3 Å². The molecule has 1 fully saturated rings. The number of nitrogens with one attached hydrogen (secondary N) is 1. The van der Waals surface area contributed by atoms with Gasteiger partial charge in [-0.1, -0.05) is 0 Å². The Labute approximate surface area is 182 Å². The molecule has 0 bridgehead atoms. The van der Waals surface area contributed by atoms with Crippen molar-refractivity contribution in [2.45, 2.75) is 0 Å². The topological polar surface area (TPSA) is 126 Å². The third-order valence-corrected chi connectivity index (χ3v) is 5.07. The fourth-order valence-electron chi connectivity index (χ4n) is 2.88. The lowest BCUT2D eigenvalue weighted by Crippen LogP contribution is -2.35. The molecule has 0 unspecified atom stereocenters. The van der Waals surface area contributed by atoms with Crippen molar-refractivity contribution in [2.24, 2.45) is 0 Å². The Morgan fingerprint density at radius 1 is 1.10 bits per heavy atom. The summed E-state index contributed by atoms with van der Waals surface area (Å²) in [5.41, 5.74) is 2.79. The molecule has 0 aliphatic carbocycles. The van der Waals surface area contributed by atoms with Gasteiger partial charge in [-0.2, -0.15) is 0 Å². The number of carbonyl (C=O) groups is 2. The second-order valence-electron chi connectivity index (χ2n) is 6.28. The number of benzene rings is 2. The van der Waals surface area contributed by atoms with E-state index in [4.69, 9.17) is 4.42 Å². The van der Waals surface area contributed by atoms with Gasteiger partial charge in [0.25, 0.3) is 17.5 Å². The smallest absolute Gasteiger partial charge is 0.282 e. The Bertz CT molecular complexity index is 1220. The maximum absolute atomic E-state index is 12.7. The second-order valence-corrected chi connectivity index (χ2v) is 7.52. The monoisotopic (exact) mass is 517 g/mol. The molecule has 1 saturated heterocycles. The number of carbonyl (C=O) groups excluding carboxylic acids is 2. The number of rotatable bonds is 4. The van der Waals surface area contributed by atoms with E-state index in [1.807, 2.05) is 0 Å². The summed E-state index contributed by atoms with van der Waals surface area (Å²) >= 11 is 2.13. The van der Waals surface area contributed by atoms with Crippen LogP contribution in [0.2, 0.25) is 0 Å². The molecule has 1 aromatic heterocycles. The van der Waals surface area contributed by atoms with Gasteiger partial charge in [-0.25, -0.2) is 5.01 Å². The van der Waals surface area contributed by atoms with Crippen LogP contribution in [0.25, 0.3) is 17.4 Å². The van der Waals surface area contributed by atoms with Crippen molar-refractivity contribution in [2.75, 3.05) is 5.01 Å². The van der Waals surface area contributed by atoms with E-state index < -0.39 is 16.7 Å². The molecule has 0 spiro atoms. The molecule has 0 atom stereocenters. The third-order valence-electron chi connectivity index (χ3n) is 4.35. The Kier molecular flexibility index (Phi) is 4.99. The summed E-state index contributed by atoms with van der Waals surface area (Å²) in [6.07, 6.45) is 1.28. The zero-order chi connectivity index (χ0) is 21.4. The van der Waals surface area contributed by atoms with E-state index in [0.29, 0.717) is 5.69 Å². The minimum atomic E-state index is -0.588. The average molecular weight is 517 g/mol. The number of anilines is 1. The molecule has 2 aromatic carbocycles. The molecule has 30 heavy (non-hydrogen) atoms. The average Bonchev–Trinajstić information content (AvgIpc) is 3.29. The minimum Gasteiger partial charge on any atom is -0.507 e. The van der Waals surface area contributed by atoms with Gasteiger partial charge in [0, 0.05) is 15.7 Å². The molecule has 2 N–H and O–H groups in total. The largest absolute Gasteiger partial charge is 0.507 e. The van der Waals surface area contributed by atoms with Gasteiger partial charge in [-0.15, -0.1) is 0 Å². The van der Waals surface area contributed by atoms with Crippen LogP contribution in [-0.4, -0.2) is 21.8 Å². The summed E-state index contributed by atoms with van der Waals surface area (Å²) in [6, 6.07) is 13.6. The summed E-state index contributed by atoms with van der Waals surface area (Å²) in [6.45, 7) is 0. The van der Waals surface area contributed by atoms with Gasteiger partial charge < -0.3 is 9.52 Å². The Balaban J connectivity index is 1.64. The molecule has 3 aromatic rings. The molecule has 2 amide bonds. The lowest BCUT2D eigenvalue weighted by molar-refractivity contribution is -0.384. The fourth-order valence-corrected chi connectivity index (χ4v) is 3.24. The number of nitro benzene ring substituents is 1. The van der Waals surface area contributed by atoms with Gasteiger partial charge in [0.15, 0.2) is 0 Å². The Hall–Kier alpha value is -3.67. The number of phenolic OH excluding ortho intramolecular Hbond substituents is 1. The summed E-state index contributed by atoms with van der Waals surface area (Å²) < 4.78 is 6.57. The van der Waals surface area contributed by atoms with E-state index in [2.05, 4.69) is 28.0 Å². The molecule has 2 heterocycles. The molecule has 9 nitrogen and oxygen atoms in total. The number of amides is 2. The van der Waals surface area contributed by atoms with Gasteiger partial charge in [-0.05, 0) is 71.1 Å². The van der Waals surface area contributed by atoms with Crippen LogP contribution in [0.15, 0.2) is 64.6 Å². The number of aromatic hydroxyl groups is 1. The van der Waals surface area contributed by atoms with Crippen LogP contribution < -0.4 is 10.4 Å². The van der Waals surface area contributed by atoms with Crippen molar-refractivity contribution in [1.82, 2.24) is 5.43 Å². The highest BCUT2D eigenvalue weighted by atomic mass is 127. The van der Waals surface area contributed by atoms with Crippen LogP contribution in [0.1, 0.15) is 5.76 Å². The Morgan fingerprint density at radius 2 is 1.83 bits per heavy atom. The molecule has 1 aliphatic rings. The third kappa shape index (κ3) is 3.64. The molecular formula is C20H12IN3O6. The maximum Gasteiger partial charge on any atom is 0.282 e. The predicted octanol–water partition coefficient (Wildman–Crippen LogP) is 3.63. The normalized spacial score (nSPS) is 15.0. The standard InChI is InChI=1S/C20H12IN3O6/c21-11-1-3-12(4-2-11)23-20(27)16(19(26)22-23)10-14-6-8-18(30-14)15-9-13(24(28)29)5-7-17(15)25/h1-10,25H,(H,22,26)/b16-10-. The first-order chi connectivity index (χ1) is 14.3. The van der Waals surface area contributed by atoms with E-state index in [0.717, 1.165) is 8.58 Å². The number of nitro groups is 1. The highest BCUT2D eigenvalue weighted by Gasteiger charge is 2.34. The zero-order valence-electron chi connectivity index (χ0n) is 15.0. The zero-order valence-corrected chi connectivity index (χ0v) is 17.2. The van der Waals surface area contributed by atoms with E-state index in [1.165, 1.54) is 36.4 Å². The van der Waals surface area contributed by atoms with Crippen molar-refractivity contribution in [3.05, 3.63) is 79.6 Å². The number of phenols is 1. The fraction of sp³-hybridized carbons (Fsp3) is 0. The first-order valence-corrected chi connectivity index (χ1v) is 9.61. The van der Waals surface area contributed by atoms with Crippen LogP contribution >= 0.6 is 22.6 Å². The number of hydrazine groups is 1. The quantitative estimate of drug-likeness (QED) is 0.179. The van der Waals surface area contributed by atoms with Gasteiger partial charge in [0.2, 0.25) is 0 Å². The van der Waals surface area contributed by atoms with Crippen molar-refractivity contribution in [3.63, 3.8) is 0 Å². The van der Waals surface area contributed by atoms with Gasteiger partial charge in [0.1, 0.15) is 22.8 Å². The SMILES string of the molecule is O=C1NN(c2ccc(I)cc2)C(=O)/C1=C\c1ccc(-c2cc([N+](=O)[O-])ccc2O)o1. The van der Waals surface area contributed by atoms with Crippen molar-refractivity contribution >= 4 is 51.9 Å². The van der Waals surface area contributed by atoms with Crippen molar-refractivity contribution in [3.8, 4) is 17.1 Å².